The molecular weight excluding hydrogens is 190 g/mol. The van der Waals surface area contributed by atoms with Crippen LogP contribution in [0.1, 0.15) is 11.1 Å². The molecule has 0 radical (unpaired) electrons. The fraction of sp³-hybridized carbons (Fsp3) is 0.100. The maximum Gasteiger partial charge on any atom is 0.364 e. The van der Waals surface area contributed by atoms with Crippen LogP contribution in [0.2, 0.25) is 0 Å². The zero-order chi connectivity index (χ0) is 10.7. The van der Waals surface area contributed by atoms with Crippen LogP contribution in [-0.4, -0.2) is 11.1 Å². The lowest BCUT2D eigenvalue weighted by molar-refractivity contribution is -0.134. The van der Waals surface area contributed by atoms with Crippen LogP contribution >= 0.6 is 0 Å². The Hall–Kier alpha value is -1.71. The predicted octanol–water partition coefficient (Wildman–Crippen LogP) is 2.53. The number of benzene rings is 1. The average molecular weight is 198 g/mol. The van der Waals surface area contributed by atoms with Gasteiger partial charge in [-0.05, 0) is 30.2 Å². The van der Waals surface area contributed by atoms with E-state index in [1.165, 1.54) is 12.1 Å². The standard InChI is InChI=1S/C10H8F2O2/c1-6-2-3-7(4-8(6)11)5-9(12)10(13)14/h2-5H,1H3,(H,13,14)/b9-5+. The van der Waals surface area contributed by atoms with Crippen molar-refractivity contribution in [2.24, 2.45) is 0 Å². The van der Waals surface area contributed by atoms with E-state index in [0.29, 0.717) is 5.56 Å². The predicted molar refractivity (Wildman–Crippen MR) is 47.9 cm³/mol. The van der Waals surface area contributed by atoms with E-state index in [2.05, 4.69) is 0 Å². The van der Waals surface area contributed by atoms with E-state index < -0.39 is 17.6 Å². The van der Waals surface area contributed by atoms with Crippen molar-refractivity contribution in [2.75, 3.05) is 0 Å². The van der Waals surface area contributed by atoms with Crippen LogP contribution in [0.25, 0.3) is 6.08 Å². The lowest BCUT2D eigenvalue weighted by atomic mass is 10.1. The van der Waals surface area contributed by atoms with Gasteiger partial charge in [0.25, 0.3) is 0 Å². The number of rotatable bonds is 2. The highest BCUT2D eigenvalue weighted by molar-refractivity contribution is 5.89. The summed E-state index contributed by atoms with van der Waals surface area (Å²) in [6.07, 6.45) is 0.769. The molecule has 2 nitrogen and oxygen atoms in total. The molecule has 0 aliphatic heterocycles. The highest BCUT2D eigenvalue weighted by Gasteiger charge is 2.05. The Bertz CT molecular complexity index is 397. The first-order valence-electron chi connectivity index (χ1n) is 3.87. The molecule has 1 N–H and O–H groups in total. The molecule has 0 aromatic heterocycles. The van der Waals surface area contributed by atoms with E-state index in [-0.39, 0.29) is 5.56 Å². The third-order valence-electron chi connectivity index (χ3n) is 1.69. The molecule has 0 aliphatic carbocycles. The Morgan fingerprint density at radius 1 is 1.50 bits per heavy atom. The number of aryl methyl sites for hydroxylation is 1. The number of halogens is 2. The first-order chi connectivity index (χ1) is 6.50. The van der Waals surface area contributed by atoms with Gasteiger partial charge in [-0.25, -0.2) is 9.18 Å². The summed E-state index contributed by atoms with van der Waals surface area (Å²) in [6.45, 7) is 1.57. The molecule has 0 amide bonds. The zero-order valence-electron chi connectivity index (χ0n) is 7.42. The average Bonchev–Trinajstić information content (AvgIpc) is 2.11. The normalized spacial score (nSPS) is 11.5. The minimum absolute atomic E-state index is 0.188. The van der Waals surface area contributed by atoms with Crippen molar-refractivity contribution in [3.05, 3.63) is 41.0 Å². The Balaban J connectivity index is 3.04. The lowest BCUT2D eigenvalue weighted by Gasteiger charge is -1.97. The molecule has 0 spiro atoms. The van der Waals surface area contributed by atoms with Crippen LogP contribution in [0.3, 0.4) is 0 Å². The summed E-state index contributed by atoms with van der Waals surface area (Å²) >= 11 is 0. The molecule has 0 aliphatic rings. The molecule has 74 valence electrons. The van der Waals surface area contributed by atoms with Crippen LogP contribution in [0.15, 0.2) is 24.0 Å². The molecular formula is C10H8F2O2. The van der Waals surface area contributed by atoms with Crippen LogP contribution in [-0.2, 0) is 4.79 Å². The molecule has 0 fully saturated rings. The molecule has 0 heterocycles. The third kappa shape index (κ3) is 2.39. The number of hydrogen-bond acceptors (Lipinski definition) is 1. The van der Waals surface area contributed by atoms with Gasteiger partial charge in [-0.15, -0.1) is 0 Å². The number of hydrogen-bond donors (Lipinski definition) is 1. The molecule has 14 heavy (non-hydrogen) atoms. The lowest BCUT2D eigenvalue weighted by Crippen LogP contribution is -1.94. The summed E-state index contributed by atoms with van der Waals surface area (Å²) in [5.41, 5.74) is 0.617. The SMILES string of the molecule is Cc1ccc(/C=C(/F)C(=O)O)cc1F. The van der Waals surface area contributed by atoms with E-state index in [0.717, 1.165) is 12.1 Å². The fourth-order valence-corrected chi connectivity index (χ4v) is 0.907. The van der Waals surface area contributed by atoms with E-state index in [1.54, 1.807) is 6.92 Å². The van der Waals surface area contributed by atoms with Crippen molar-refractivity contribution in [1.82, 2.24) is 0 Å². The van der Waals surface area contributed by atoms with E-state index in [4.69, 9.17) is 5.11 Å². The zero-order valence-corrected chi connectivity index (χ0v) is 7.42. The molecule has 0 atom stereocenters. The van der Waals surface area contributed by atoms with Gasteiger partial charge in [0.05, 0.1) is 0 Å². The Morgan fingerprint density at radius 2 is 2.14 bits per heavy atom. The fourth-order valence-electron chi connectivity index (χ4n) is 0.907. The van der Waals surface area contributed by atoms with Crippen LogP contribution in [0.5, 0.6) is 0 Å². The second kappa shape index (κ2) is 4.00. The first kappa shape index (κ1) is 10.4. The smallest absolute Gasteiger partial charge is 0.364 e. The van der Waals surface area contributed by atoms with Crippen LogP contribution in [0, 0.1) is 12.7 Å². The summed E-state index contributed by atoms with van der Waals surface area (Å²) in [5.74, 6) is -3.46. The van der Waals surface area contributed by atoms with E-state index in [9.17, 15) is 13.6 Å². The molecule has 1 aromatic carbocycles. The summed E-state index contributed by atoms with van der Waals surface area (Å²) in [5, 5.41) is 8.23. The van der Waals surface area contributed by atoms with Gasteiger partial charge in [0.1, 0.15) is 5.82 Å². The molecule has 0 unspecified atom stereocenters. The van der Waals surface area contributed by atoms with Gasteiger partial charge >= 0.3 is 5.97 Å². The van der Waals surface area contributed by atoms with Crippen molar-refractivity contribution < 1.29 is 18.7 Å². The van der Waals surface area contributed by atoms with Gasteiger partial charge in [-0.1, -0.05) is 12.1 Å². The maximum absolute atomic E-state index is 12.9. The number of carboxylic acid groups (broad SMARTS) is 1. The highest BCUT2D eigenvalue weighted by Crippen LogP contribution is 2.13. The molecule has 1 rings (SSSR count). The molecule has 0 bridgehead atoms. The van der Waals surface area contributed by atoms with Crippen LogP contribution < -0.4 is 0 Å². The summed E-state index contributed by atoms with van der Waals surface area (Å²) < 4.78 is 25.5. The molecule has 1 aromatic rings. The monoisotopic (exact) mass is 198 g/mol. The van der Waals surface area contributed by atoms with Gasteiger partial charge in [-0.2, -0.15) is 4.39 Å². The van der Waals surface area contributed by atoms with E-state index in [1.807, 2.05) is 0 Å². The van der Waals surface area contributed by atoms with Gasteiger partial charge < -0.3 is 5.11 Å². The Morgan fingerprint density at radius 3 is 2.64 bits per heavy atom. The highest BCUT2D eigenvalue weighted by atomic mass is 19.1. The van der Waals surface area contributed by atoms with Crippen molar-refractivity contribution in [1.29, 1.82) is 0 Å². The topological polar surface area (TPSA) is 37.3 Å². The second-order valence-electron chi connectivity index (χ2n) is 2.81. The van der Waals surface area contributed by atoms with Crippen molar-refractivity contribution in [2.45, 2.75) is 6.92 Å². The van der Waals surface area contributed by atoms with Crippen molar-refractivity contribution in [3.63, 3.8) is 0 Å². The minimum atomic E-state index is -1.66. The largest absolute Gasteiger partial charge is 0.476 e. The molecule has 4 heteroatoms. The quantitative estimate of drug-likeness (QED) is 0.741. The maximum atomic E-state index is 12.9. The van der Waals surface area contributed by atoms with Crippen LogP contribution in [0.4, 0.5) is 8.78 Å². The Labute approximate surface area is 79.5 Å². The van der Waals surface area contributed by atoms with E-state index >= 15 is 0 Å². The summed E-state index contributed by atoms with van der Waals surface area (Å²) in [6, 6.07) is 3.98. The number of carbonyl (C=O) groups is 1. The first-order valence-corrected chi connectivity index (χ1v) is 3.87. The molecule has 0 saturated heterocycles. The van der Waals surface area contributed by atoms with Gasteiger partial charge in [0, 0.05) is 0 Å². The third-order valence-corrected chi connectivity index (χ3v) is 1.69. The van der Waals surface area contributed by atoms with Crippen molar-refractivity contribution in [3.8, 4) is 0 Å². The van der Waals surface area contributed by atoms with Gasteiger partial charge in [-0.3, -0.25) is 0 Å². The minimum Gasteiger partial charge on any atom is -0.476 e. The summed E-state index contributed by atoms with van der Waals surface area (Å²) in [7, 11) is 0. The van der Waals surface area contributed by atoms with Gasteiger partial charge in [0.15, 0.2) is 0 Å². The summed E-state index contributed by atoms with van der Waals surface area (Å²) in [4.78, 5) is 10.1. The Kier molecular flexibility index (Phi) is 2.96. The molecule has 0 saturated carbocycles. The second-order valence-corrected chi connectivity index (χ2v) is 2.81. The number of aliphatic carboxylic acids is 1. The van der Waals surface area contributed by atoms with Crippen molar-refractivity contribution >= 4 is 12.0 Å². The van der Waals surface area contributed by atoms with Gasteiger partial charge in [0.2, 0.25) is 5.83 Å². The number of carboxylic acids is 1.